The molecular formula is C19H32NSn. The van der Waals surface area contributed by atoms with Crippen LogP contribution in [0.25, 0.3) is 0 Å². The van der Waals surface area contributed by atoms with Gasteiger partial charge in [0.1, 0.15) is 0 Å². The van der Waals surface area contributed by atoms with Gasteiger partial charge in [0.15, 0.2) is 0 Å². The first kappa shape index (κ1) is 20.5. The summed E-state index contributed by atoms with van der Waals surface area (Å²) in [5, 5.41) is 8.27. The van der Waals surface area contributed by atoms with Gasteiger partial charge >= 0.3 is 92.4 Å². The maximum Gasteiger partial charge on any atom is 0.0991 e. The molecular weight excluding hydrogens is 361 g/mol. The minimum atomic E-state index is -0.967. The van der Waals surface area contributed by atoms with Gasteiger partial charge in [-0.05, 0) is 18.2 Å². The van der Waals surface area contributed by atoms with Gasteiger partial charge in [-0.3, -0.25) is 0 Å². The van der Waals surface area contributed by atoms with E-state index in [-0.39, 0.29) is 0 Å². The number of hydrogen-bond acceptors (Lipinski definition) is 1. The van der Waals surface area contributed by atoms with Gasteiger partial charge in [-0.1, -0.05) is 12.1 Å². The zero-order chi connectivity index (χ0) is 15.8. The monoisotopic (exact) mass is 394 g/mol. The third-order valence-corrected chi connectivity index (χ3v) is 14.2. The molecule has 0 aromatic heterocycles. The molecule has 0 spiro atoms. The van der Waals surface area contributed by atoms with Crippen molar-refractivity contribution in [1.82, 2.24) is 0 Å². The Morgan fingerprint density at radius 2 is 1.33 bits per heavy atom. The van der Waals surface area contributed by atoms with E-state index in [2.05, 4.69) is 26.8 Å². The van der Waals surface area contributed by atoms with Crippen LogP contribution in [-0.2, 0) is 0 Å². The fourth-order valence-electron chi connectivity index (χ4n) is 2.37. The van der Waals surface area contributed by atoms with Gasteiger partial charge in [0.25, 0.3) is 0 Å². The van der Waals surface area contributed by atoms with Crippen LogP contribution < -0.4 is 0 Å². The second-order valence-corrected chi connectivity index (χ2v) is 15.6. The van der Waals surface area contributed by atoms with E-state index in [0.29, 0.717) is 5.56 Å². The van der Waals surface area contributed by atoms with Crippen LogP contribution >= 0.6 is 0 Å². The fourth-order valence-corrected chi connectivity index (χ4v) is 13.3. The molecule has 0 saturated carbocycles. The summed E-state index contributed by atoms with van der Waals surface area (Å²) in [4.78, 5) is 0. The van der Waals surface area contributed by atoms with E-state index in [0.717, 1.165) is 0 Å². The van der Waals surface area contributed by atoms with E-state index >= 15 is 0 Å². The molecule has 0 saturated heterocycles. The third-order valence-electron chi connectivity index (χ3n) is 3.75. The van der Waals surface area contributed by atoms with Crippen molar-refractivity contribution >= 4 is 19.8 Å². The first-order chi connectivity index (χ1) is 10.3. The van der Waals surface area contributed by atoms with E-state index in [9.17, 15) is 0 Å². The van der Waals surface area contributed by atoms with Crippen molar-refractivity contribution < 1.29 is 0 Å². The molecule has 1 radical (unpaired) electrons. The predicted molar refractivity (Wildman–Crippen MR) is 96.3 cm³/mol. The van der Waals surface area contributed by atoms with Gasteiger partial charge in [0.05, 0.1) is 11.6 Å². The van der Waals surface area contributed by atoms with Crippen LogP contribution in [0.2, 0.25) is 13.3 Å². The summed E-state index contributed by atoms with van der Waals surface area (Å²) in [6, 6.07) is 11.7. The van der Waals surface area contributed by atoms with Gasteiger partial charge in [0.2, 0.25) is 0 Å². The van der Waals surface area contributed by atoms with Crippen molar-refractivity contribution in [3.05, 3.63) is 35.9 Å². The number of unbranched alkanes of at least 4 members (excludes halogenated alkanes) is 3. The van der Waals surface area contributed by atoms with Crippen LogP contribution in [0.5, 0.6) is 0 Å². The normalized spacial score (nSPS) is 9.86. The molecule has 1 rings (SSSR count). The van der Waals surface area contributed by atoms with Crippen LogP contribution in [0.4, 0.5) is 0 Å². The zero-order valence-electron chi connectivity index (χ0n) is 14.2. The number of benzene rings is 1. The van der Waals surface area contributed by atoms with E-state index in [4.69, 9.17) is 5.26 Å². The summed E-state index contributed by atoms with van der Waals surface area (Å²) >= 11 is -0.967. The Labute approximate surface area is 139 Å². The largest absolute Gasteiger partial charge is 0.192 e. The molecule has 1 aromatic rings. The maximum absolute atomic E-state index is 8.27. The summed E-state index contributed by atoms with van der Waals surface area (Å²) in [6.07, 6.45) is 8.87. The average molecular weight is 393 g/mol. The summed E-state index contributed by atoms with van der Waals surface area (Å²) in [5.74, 6) is 0. The van der Waals surface area contributed by atoms with Gasteiger partial charge in [-0.2, -0.15) is 5.26 Å². The van der Waals surface area contributed by atoms with Crippen LogP contribution in [0, 0.1) is 17.4 Å². The third kappa shape index (κ3) is 12.9. The smallest absolute Gasteiger partial charge is 0.0991 e. The maximum atomic E-state index is 8.27. The van der Waals surface area contributed by atoms with Crippen molar-refractivity contribution in [3.8, 4) is 6.07 Å². The SMILES string of the molecule is CCC[CH2][SnH]([CH2]CCC)[CH2]CCC.N#Cc1cc[c]cc1. The van der Waals surface area contributed by atoms with E-state index in [1.165, 1.54) is 38.5 Å². The van der Waals surface area contributed by atoms with Crippen LogP contribution in [-0.4, -0.2) is 19.8 Å². The number of nitrogens with zero attached hydrogens (tertiary/aromatic N) is 1. The predicted octanol–water partition coefficient (Wildman–Crippen LogP) is 5.97. The van der Waals surface area contributed by atoms with Crippen molar-refractivity contribution in [1.29, 1.82) is 5.26 Å². The van der Waals surface area contributed by atoms with Crippen molar-refractivity contribution in [2.75, 3.05) is 0 Å². The van der Waals surface area contributed by atoms with Crippen LogP contribution in [0.15, 0.2) is 24.3 Å². The Morgan fingerprint density at radius 1 is 0.905 bits per heavy atom. The van der Waals surface area contributed by atoms with Gasteiger partial charge < -0.3 is 0 Å². The molecule has 0 aliphatic carbocycles. The molecule has 21 heavy (non-hydrogen) atoms. The second kappa shape index (κ2) is 15.9. The Bertz CT molecular complexity index is 337. The van der Waals surface area contributed by atoms with E-state index in [1.807, 2.05) is 6.07 Å². The van der Waals surface area contributed by atoms with Crippen LogP contribution in [0.1, 0.15) is 64.9 Å². The quantitative estimate of drug-likeness (QED) is 0.474. The van der Waals surface area contributed by atoms with E-state index in [1.54, 1.807) is 37.6 Å². The average Bonchev–Trinajstić information content (AvgIpc) is 2.55. The minimum absolute atomic E-state index is 0.684. The molecule has 0 aliphatic rings. The molecule has 117 valence electrons. The molecule has 0 unspecified atom stereocenters. The van der Waals surface area contributed by atoms with Gasteiger partial charge in [-0.15, -0.1) is 0 Å². The van der Waals surface area contributed by atoms with Gasteiger partial charge in [0, 0.05) is 0 Å². The Morgan fingerprint density at radius 3 is 1.62 bits per heavy atom. The molecule has 1 aromatic carbocycles. The van der Waals surface area contributed by atoms with Crippen molar-refractivity contribution in [3.63, 3.8) is 0 Å². The fraction of sp³-hybridized carbons (Fsp3) is 0.632. The van der Waals surface area contributed by atoms with Crippen molar-refractivity contribution in [2.45, 2.75) is 72.6 Å². The zero-order valence-corrected chi connectivity index (χ0v) is 17.5. The standard InChI is InChI=1S/C7H4N.3C4H9.Sn.H/c8-6-7-4-2-1-3-5-7;3*1-3-4-2;;/h2-5H;3*1,3-4H2,2H3;;. The van der Waals surface area contributed by atoms with E-state index < -0.39 is 19.8 Å². The second-order valence-electron chi connectivity index (χ2n) is 5.69. The number of hydrogen-bond donors (Lipinski definition) is 0. The summed E-state index contributed by atoms with van der Waals surface area (Å²) < 4.78 is 5.08. The minimum Gasteiger partial charge on any atom is -0.192 e. The molecule has 0 fully saturated rings. The number of rotatable bonds is 9. The summed E-state index contributed by atoms with van der Waals surface area (Å²) in [6.45, 7) is 7.01. The molecule has 0 bridgehead atoms. The molecule has 2 heteroatoms. The van der Waals surface area contributed by atoms with Crippen LogP contribution in [0.3, 0.4) is 0 Å². The molecule has 0 amide bonds. The Hall–Kier alpha value is -0.491. The Kier molecular flexibility index (Phi) is 15.5. The molecule has 0 heterocycles. The van der Waals surface area contributed by atoms with Crippen molar-refractivity contribution in [2.24, 2.45) is 0 Å². The first-order valence-corrected chi connectivity index (χ1v) is 15.6. The number of nitriles is 1. The molecule has 0 N–H and O–H groups in total. The topological polar surface area (TPSA) is 23.8 Å². The molecule has 0 aliphatic heterocycles. The molecule has 1 nitrogen and oxygen atoms in total. The first-order valence-electron chi connectivity index (χ1n) is 8.64. The summed E-state index contributed by atoms with van der Waals surface area (Å²) in [5.41, 5.74) is 0.684. The Balaban J connectivity index is 0.000000423. The van der Waals surface area contributed by atoms with Gasteiger partial charge in [-0.25, -0.2) is 0 Å². The molecule has 0 atom stereocenters. The summed E-state index contributed by atoms with van der Waals surface area (Å²) in [7, 11) is 0.